The number of pyridine rings is 1. The number of hydrogen-bond acceptors (Lipinski definition) is 4. The van der Waals surface area contributed by atoms with Crippen LogP contribution in [0, 0.1) is 5.82 Å². The van der Waals surface area contributed by atoms with Gasteiger partial charge in [0.2, 0.25) is 0 Å². The van der Waals surface area contributed by atoms with Crippen LogP contribution in [0.4, 0.5) is 10.2 Å². The summed E-state index contributed by atoms with van der Waals surface area (Å²) >= 11 is 0. The summed E-state index contributed by atoms with van der Waals surface area (Å²) in [5, 5.41) is 6.89. The molecule has 150 valence electrons. The predicted octanol–water partition coefficient (Wildman–Crippen LogP) is 2.23. The zero-order valence-corrected chi connectivity index (χ0v) is 16.5. The Morgan fingerprint density at radius 1 is 1.26 bits per heavy atom. The number of aromatic nitrogens is 1. The Hall–Kier alpha value is -1.89. The summed E-state index contributed by atoms with van der Waals surface area (Å²) in [4.78, 5) is 13.1. The van der Waals surface area contributed by atoms with E-state index in [4.69, 9.17) is 0 Å². The van der Waals surface area contributed by atoms with Gasteiger partial charge in [0.1, 0.15) is 0 Å². The molecule has 1 aromatic rings. The maximum atomic E-state index is 13.9. The minimum absolute atomic E-state index is 0.253. The quantitative estimate of drug-likeness (QED) is 0.453. The summed E-state index contributed by atoms with van der Waals surface area (Å²) in [6, 6.07) is 3.35. The fourth-order valence-corrected chi connectivity index (χ4v) is 3.94. The number of halogens is 1. The lowest BCUT2D eigenvalue weighted by Crippen LogP contribution is -2.45. The maximum Gasteiger partial charge on any atom is 0.191 e. The van der Waals surface area contributed by atoms with Gasteiger partial charge in [0, 0.05) is 38.9 Å². The summed E-state index contributed by atoms with van der Waals surface area (Å²) in [5.41, 5.74) is 0. The fourth-order valence-electron chi connectivity index (χ4n) is 3.94. The number of likely N-dealkylation sites (tertiary alicyclic amines) is 1. The summed E-state index contributed by atoms with van der Waals surface area (Å²) in [7, 11) is 1.80. The number of nitrogens with one attached hydrogen (secondary N) is 2. The number of anilines is 1. The van der Waals surface area contributed by atoms with E-state index in [2.05, 4.69) is 25.5 Å². The lowest BCUT2D eigenvalue weighted by atomic mass is 10.2. The highest BCUT2D eigenvalue weighted by molar-refractivity contribution is 5.80. The third kappa shape index (κ3) is 6.06. The molecule has 1 aromatic heterocycles. The largest absolute Gasteiger partial charge is 0.356 e. The molecule has 0 spiro atoms. The van der Waals surface area contributed by atoms with Gasteiger partial charge in [-0.25, -0.2) is 9.37 Å². The van der Waals surface area contributed by atoms with Gasteiger partial charge in [0.25, 0.3) is 0 Å². The van der Waals surface area contributed by atoms with E-state index in [1.54, 1.807) is 19.3 Å². The van der Waals surface area contributed by atoms with Crippen molar-refractivity contribution in [3.63, 3.8) is 0 Å². The topological polar surface area (TPSA) is 55.8 Å². The number of nitrogens with zero attached hydrogens (tertiary/aromatic N) is 4. The molecular weight excluding hydrogens is 343 g/mol. The first-order valence-corrected chi connectivity index (χ1v) is 10.3. The monoisotopic (exact) mass is 376 g/mol. The van der Waals surface area contributed by atoms with Gasteiger partial charge in [-0.3, -0.25) is 4.99 Å². The van der Waals surface area contributed by atoms with Crippen molar-refractivity contribution in [2.24, 2.45) is 4.99 Å². The zero-order valence-electron chi connectivity index (χ0n) is 16.5. The van der Waals surface area contributed by atoms with Gasteiger partial charge in [-0.15, -0.1) is 0 Å². The van der Waals surface area contributed by atoms with E-state index in [-0.39, 0.29) is 11.9 Å². The van der Waals surface area contributed by atoms with Crippen LogP contribution < -0.4 is 15.5 Å². The Morgan fingerprint density at radius 2 is 2.07 bits per heavy atom. The Bertz CT molecular complexity index is 600. The minimum Gasteiger partial charge on any atom is -0.356 e. The van der Waals surface area contributed by atoms with Crippen LogP contribution in [0.5, 0.6) is 0 Å². The fraction of sp³-hybridized carbons (Fsp3) is 0.700. The molecule has 2 saturated heterocycles. The lowest BCUT2D eigenvalue weighted by Gasteiger charge is -2.21. The molecule has 1 atom stereocenters. The van der Waals surface area contributed by atoms with Gasteiger partial charge in [-0.05, 0) is 57.5 Å². The van der Waals surface area contributed by atoms with E-state index in [0.717, 1.165) is 45.0 Å². The molecule has 0 amide bonds. The average molecular weight is 377 g/mol. The van der Waals surface area contributed by atoms with Crippen LogP contribution in [0.1, 0.15) is 38.5 Å². The van der Waals surface area contributed by atoms with Gasteiger partial charge in [0.15, 0.2) is 17.6 Å². The maximum absolute atomic E-state index is 13.9. The van der Waals surface area contributed by atoms with E-state index in [9.17, 15) is 4.39 Å². The zero-order chi connectivity index (χ0) is 18.9. The summed E-state index contributed by atoms with van der Waals surface area (Å²) in [6.07, 6.45) is 9.15. The Balaban J connectivity index is 1.37. The van der Waals surface area contributed by atoms with Crippen molar-refractivity contribution in [1.29, 1.82) is 0 Å². The van der Waals surface area contributed by atoms with Crippen LogP contribution in [0.3, 0.4) is 0 Å². The number of aliphatic imine (C=N–C) groups is 1. The highest BCUT2D eigenvalue weighted by Crippen LogP contribution is 2.20. The average Bonchev–Trinajstić information content (AvgIpc) is 2.98. The number of guanidine groups is 1. The number of rotatable bonds is 6. The second-order valence-corrected chi connectivity index (χ2v) is 7.49. The first kappa shape index (κ1) is 19.9. The second kappa shape index (κ2) is 10.4. The summed E-state index contributed by atoms with van der Waals surface area (Å²) in [6.45, 7) is 6.10. The molecule has 2 aliphatic heterocycles. The molecule has 0 saturated carbocycles. The predicted molar refractivity (Wildman–Crippen MR) is 109 cm³/mol. The molecule has 7 heteroatoms. The molecular formula is C20H33FN6. The van der Waals surface area contributed by atoms with Crippen molar-refractivity contribution in [2.45, 2.75) is 44.6 Å². The van der Waals surface area contributed by atoms with Crippen LogP contribution in [0.15, 0.2) is 23.3 Å². The minimum atomic E-state index is -0.255. The third-order valence-electron chi connectivity index (χ3n) is 5.43. The molecule has 2 aliphatic rings. The molecule has 6 nitrogen and oxygen atoms in total. The van der Waals surface area contributed by atoms with Crippen LogP contribution in [-0.2, 0) is 0 Å². The smallest absolute Gasteiger partial charge is 0.191 e. The second-order valence-electron chi connectivity index (χ2n) is 7.49. The van der Waals surface area contributed by atoms with Crippen molar-refractivity contribution < 1.29 is 4.39 Å². The van der Waals surface area contributed by atoms with Gasteiger partial charge in [0.05, 0.1) is 0 Å². The van der Waals surface area contributed by atoms with Crippen molar-refractivity contribution in [3.8, 4) is 0 Å². The van der Waals surface area contributed by atoms with Crippen LogP contribution in [0.25, 0.3) is 0 Å². The Labute approximate surface area is 162 Å². The Kier molecular flexibility index (Phi) is 7.68. The molecule has 3 rings (SSSR count). The number of hydrogen-bond donors (Lipinski definition) is 2. The van der Waals surface area contributed by atoms with E-state index in [0.29, 0.717) is 5.82 Å². The first-order chi connectivity index (χ1) is 13.3. The van der Waals surface area contributed by atoms with Crippen LogP contribution in [0.2, 0.25) is 0 Å². The van der Waals surface area contributed by atoms with E-state index < -0.39 is 0 Å². The van der Waals surface area contributed by atoms with E-state index >= 15 is 0 Å². The molecule has 0 bridgehead atoms. The van der Waals surface area contributed by atoms with E-state index in [1.165, 1.54) is 44.8 Å². The van der Waals surface area contributed by atoms with Gasteiger partial charge < -0.3 is 20.4 Å². The normalized spacial score (nSPS) is 21.9. The Morgan fingerprint density at radius 3 is 2.81 bits per heavy atom. The van der Waals surface area contributed by atoms with Crippen LogP contribution in [-0.4, -0.2) is 68.2 Å². The standard InChI is InChI=1S/C20H33FN6/c1-22-20(24-11-7-14-26-12-4-2-3-5-13-26)25-17-9-15-27(16-17)19-18(21)8-6-10-23-19/h6,8,10,17H,2-5,7,9,11-16H2,1H3,(H2,22,24,25). The van der Waals surface area contributed by atoms with Crippen molar-refractivity contribution in [3.05, 3.63) is 24.1 Å². The highest BCUT2D eigenvalue weighted by Gasteiger charge is 2.25. The molecule has 1 unspecified atom stereocenters. The molecule has 2 N–H and O–H groups in total. The van der Waals surface area contributed by atoms with Gasteiger partial charge >= 0.3 is 0 Å². The van der Waals surface area contributed by atoms with E-state index in [1.807, 2.05) is 4.90 Å². The highest BCUT2D eigenvalue weighted by atomic mass is 19.1. The lowest BCUT2D eigenvalue weighted by molar-refractivity contribution is 0.282. The molecule has 0 aromatic carbocycles. The van der Waals surface area contributed by atoms with Gasteiger partial charge in [-0.1, -0.05) is 12.8 Å². The first-order valence-electron chi connectivity index (χ1n) is 10.3. The third-order valence-corrected chi connectivity index (χ3v) is 5.43. The summed E-state index contributed by atoms with van der Waals surface area (Å²) < 4.78 is 13.9. The molecule has 0 aliphatic carbocycles. The molecule has 0 radical (unpaired) electrons. The molecule has 27 heavy (non-hydrogen) atoms. The molecule has 3 heterocycles. The van der Waals surface area contributed by atoms with Crippen molar-refractivity contribution in [1.82, 2.24) is 20.5 Å². The van der Waals surface area contributed by atoms with Crippen molar-refractivity contribution in [2.75, 3.05) is 51.2 Å². The molecule has 2 fully saturated rings. The van der Waals surface area contributed by atoms with Gasteiger partial charge in [-0.2, -0.15) is 0 Å². The van der Waals surface area contributed by atoms with Crippen LogP contribution >= 0.6 is 0 Å². The van der Waals surface area contributed by atoms with Crippen molar-refractivity contribution >= 4 is 11.8 Å². The summed E-state index contributed by atoms with van der Waals surface area (Å²) in [5.74, 6) is 1.02. The SMILES string of the molecule is CN=C(NCCCN1CCCCCC1)NC1CCN(c2ncccc2F)C1.